The van der Waals surface area contributed by atoms with E-state index in [-0.39, 0.29) is 23.6 Å². The number of ether oxygens (including phenoxy) is 1. The van der Waals surface area contributed by atoms with Gasteiger partial charge < -0.3 is 9.84 Å². The molecule has 2 aliphatic rings. The molecule has 3 aromatic carbocycles. The number of hydrogen-bond acceptors (Lipinski definition) is 4. The van der Waals surface area contributed by atoms with Crippen molar-refractivity contribution in [3.63, 3.8) is 0 Å². The summed E-state index contributed by atoms with van der Waals surface area (Å²) >= 11 is 0. The van der Waals surface area contributed by atoms with E-state index >= 15 is 0 Å². The Balaban J connectivity index is 1.66. The number of rotatable bonds is 4. The Morgan fingerprint density at radius 2 is 1.42 bits per heavy atom. The first-order chi connectivity index (χ1) is 15.0. The molecule has 5 nitrogen and oxygen atoms in total. The first-order valence-corrected chi connectivity index (χ1v) is 9.75. The predicted molar refractivity (Wildman–Crippen MR) is 115 cm³/mol. The monoisotopic (exact) mass is 408 g/mol. The topological polar surface area (TPSA) is 80.7 Å². The van der Waals surface area contributed by atoms with Gasteiger partial charge in [-0.2, -0.15) is 0 Å². The fraction of sp³-hybridized carbons (Fsp3) is 0.0385. The molecule has 0 atom stereocenters. The molecule has 2 aliphatic carbocycles. The zero-order valence-electron chi connectivity index (χ0n) is 16.3. The summed E-state index contributed by atoms with van der Waals surface area (Å²) in [7, 11) is 0. The molecule has 5 heteroatoms. The number of benzene rings is 3. The molecule has 0 aliphatic heterocycles. The lowest BCUT2D eigenvalue weighted by Crippen LogP contribution is -2.25. The molecule has 31 heavy (non-hydrogen) atoms. The summed E-state index contributed by atoms with van der Waals surface area (Å²) in [4.78, 5) is 37.5. The number of carbonyl (C=O) groups excluding carboxylic acids is 2. The lowest BCUT2D eigenvalue weighted by molar-refractivity contribution is -0.136. The van der Waals surface area contributed by atoms with Crippen LogP contribution in [0.2, 0.25) is 0 Å². The first-order valence-electron chi connectivity index (χ1n) is 9.75. The van der Waals surface area contributed by atoms with Crippen LogP contribution in [0, 0.1) is 0 Å². The van der Waals surface area contributed by atoms with Gasteiger partial charge in [0.25, 0.3) is 0 Å². The smallest absolute Gasteiger partial charge is 0.307 e. The van der Waals surface area contributed by atoms with E-state index in [0.717, 1.165) is 0 Å². The van der Waals surface area contributed by atoms with Gasteiger partial charge in [0.05, 0.1) is 12.0 Å². The Bertz CT molecular complexity index is 1330. The number of hydrogen-bond donors (Lipinski definition) is 1. The van der Waals surface area contributed by atoms with Gasteiger partial charge in [-0.15, -0.1) is 0 Å². The molecule has 0 spiro atoms. The molecule has 1 N–H and O–H groups in total. The van der Waals surface area contributed by atoms with Crippen molar-refractivity contribution in [2.45, 2.75) is 6.42 Å². The van der Waals surface area contributed by atoms with Crippen molar-refractivity contribution in [1.29, 1.82) is 0 Å². The van der Waals surface area contributed by atoms with Gasteiger partial charge in [0.15, 0.2) is 11.6 Å². The van der Waals surface area contributed by atoms with Crippen LogP contribution in [-0.4, -0.2) is 22.6 Å². The largest absolute Gasteiger partial charge is 0.481 e. The van der Waals surface area contributed by atoms with E-state index in [4.69, 9.17) is 9.84 Å². The van der Waals surface area contributed by atoms with Crippen molar-refractivity contribution < 1.29 is 24.2 Å². The summed E-state index contributed by atoms with van der Waals surface area (Å²) in [5.74, 6) is -0.607. The van der Waals surface area contributed by atoms with Gasteiger partial charge in [0.1, 0.15) is 11.5 Å². The van der Waals surface area contributed by atoms with Crippen LogP contribution in [-0.2, 0) is 11.2 Å². The maximum absolute atomic E-state index is 13.4. The van der Waals surface area contributed by atoms with Crippen molar-refractivity contribution in [3.05, 3.63) is 112 Å². The molecule has 0 amide bonds. The standard InChI is InChI=1S/C26H16O5/c27-22(28)13-15-9-11-17(12-10-15)31-26-20-8-4-3-7-19(20)24(29)21-14-16-5-1-2-6-18(16)25(30)23(21)26/h1-12,14H,13H2,(H,27,28). The number of allylic oxidation sites excluding steroid dienone is 2. The fourth-order valence-corrected chi connectivity index (χ4v) is 3.95. The minimum Gasteiger partial charge on any atom is -0.481 e. The average Bonchev–Trinajstić information content (AvgIpc) is 2.78. The number of carboxylic acids is 1. The van der Waals surface area contributed by atoms with Crippen LogP contribution in [0.25, 0.3) is 11.8 Å². The Kier molecular flexibility index (Phi) is 4.37. The molecule has 0 heterocycles. The van der Waals surface area contributed by atoms with Crippen molar-refractivity contribution in [2.24, 2.45) is 0 Å². The predicted octanol–water partition coefficient (Wildman–Crippen LogP) is 4.58. The first kappa shape index (κ1) is 18.8. The summed E-state index contributed by atoms with van der Waals surface area (Å²) in [5.41, 5.74) is 3.46. The van der Waals surface area contributed by atoms with Crippen LogP contribution in [0.5, 0.6) is 5.75 Å². The third-order valence-corrected chi connectivity index (χ3v) is 5.39. The molecule has 0 radical (unpaired) electrons. The van der Waals surface area contributed by atoms with E-state index in [0.29, 0.717) is 44.9 Å². The summed E-state index contributed by atoms with van der Waals surface area (Å²) in [6.07, 6.45) is 1.65. The van der Waals surface area contributed by atoms with Gasteiger partial charge in [0, 0.05) is 22.3 Å². The number of aliphatic carboxylic acids is 1. The van der Waals surface area contributed by atoms with E-state index in [1.54, 1.807) is 66.7 Å². The fourth-order valence-electron chi connectivity index (χ4n) is 3.95. The second-order valence-electron chi connectivity index (χ2n) is 7.37. The third kappa shape index (κ3) is 3.16. The highest BCUT2D eigenvalue weighted by molar-refractivity contribution is 6.33. The van der Waals surface area contributed by atoms with Gasteiger partial charge in [-0.05, 0) is 29.3 Å². The lowest BCUT2D eigenvalue weighted by Gasteiger charge is -2.27. The minimum absolute atomic E-state index is 0.0896. The molecular weight excluding hydrogens is 392 g/mol. The van der Waals surface area contributed by atoms with Crippen molar-refractivity contribution in [1.82, 2.24) is 0 Å². The Morgan fingerprint density at radius 1 is 0.774 bits per heavy atom. The quantitative estimate of drug-likeness (QED) is 0.683. The lowest BCUT2D eigenvalue weighted by atomic mass is 9.77. The van der Waals surface area contributed by atoms with Gasteiger partial charge >= 0.3 is 5.97 Å². The molecule has 0 bridgehead atoms. The molecule has 3 aromatic rings. The maximum Gasteiger partial charge on any atom is 0.307 e. The van der Waals surface area contributed by atoms with E-state index < -0.39 is 5.97 Å². The van der Waals surface area contributed by atoms with E-state index in [1.807, 2.05) is 12.1 Å². The average molecular weight is 408 g/mol. The van der Waals surface area contributed by atoms with Crippen molar-refractivity contribution >= 4 is 29.4 Å². The molecule has 150 valence electrons. The molecule has 5 rings (SSSR count). The van der Waals surface area contributed by atoms with Crippen LogP contribution in [0.4, 0.5) is 0 Å². The number of carboxylic acid groups (broad SMARTS) is 1. The Labute approximate surface area is 177 Å². The van der Waals surface area contributed by atoms with Gasteiger partial charge in [-0.3, -0.25) is 14.4 Å². The van der Waals surface area contributed by atoms with Gasteiger partial charge in [0.2, 0.25) is 0 Å². The number of Topliss-reactive ketones (excluding diaryl/α,β-unsaturated/α-hetero) is 2. The summed E-state index contributed by atoms with van der Waals surface area (Å²) < 4.78 is 6.16. The second-order valence-corrected chi connectivity index (χ2v) is 7.37. The summed E-state index contributed by atoms with van der Waals surface area (Å²) in [5, 5.41) is 8.96. The number of carbonyl (C=O) groups is 3. The highest BCUT2D eigenvalue weighted by Crippen LogP contribution is 2.41. The Hall–Kier alpha value is -4.25. The molecule has 0 fully saturated rings. The van der Waals surface area contributed by atoms with E-state index in [1.165, 1.54) is 0 Å². The number of fused-ring (bicyclic) bond motifs is 3. The molecule has 0 unspecified atom stereocenters. The maximum atomic E-state index is 13.4. The molecular formula is C26H16O5. The van der Waals surface area contributed by atoms with E-state index in [9.17, 15) is 14.4 Å². The minimum atomic E-state index is -0.917. The molecule has 0 saturated heterocycles. The van der Waals surface area contributed by atoms with Crippen LogP contribution < -0.4 is 4.74 Å². The molecule has 0 saturated carbocycles. The second kappa shape index (κ2) is 7.22. The normalized spacial score (nSPS) is 14.4. The van der Waals surface area contributed by atoms with Crippen LogP contribution in [0.15, 0.2) is 83.9 Å². The zero-order chi connectivity index (χ0) is 21.5. The number of ketones is 2. The summed E-state index contributed by atoms with van der Waals surface area (Å²) in [6.45, 7) is 0. The highest BCUT2D eigenvalue weighted by Gasteiger charge is 2.37. The zero-order valence-corrected chi connectivity index (χ0v) is 16.3. The third-order valence-electron chi connectivity index (χ3n) is 5.39. The van der Waals surface area contributed by atoms with Gasteiger partial charge in [-0.1, -0.05) is 60.7 Å². The van der Waals surface area contributed by atoms with Crippen molar-refractivity contribution in [3.8, 4) is 5.75 Å². The van der Waals surface area contributed by atoms with Crippen molar-refractivity contribution in [2.75, 3.05) is 0 Å². The highest BCUT2D eigenvalue weighted by atomic mass is 16.5. The van der Waals surface area contributed by atoms with E-state index in [2.05, 4.69) is 0 Å². The van der Waals surface area contributed by atoms with Crippen LogP contribution >= 0.6 is 0 Å². The van der Waals surface area contributed by atoms with Crippen LogP contribution in [0.1, 0.15) is 37.4 Å². The Morgan fingerprint density at radius 3 is 2.13 bits per heavy atom. The SMILES string of the molecule is O=C(O)Cc1ccc(OC2=C3C(=O)c4ccccc4C=C3C(=O)c3ccccc32)cc1. The van der Waals surface area contributed by atoms with Gasteiger partial charge in [-0.25, -0.2) is 0 Å². The van der Waals surface area contributed by atoms with Crippen LogP contribution in [0.3, 0.4) is 0 Å². The molecule has 0 aromatic heterocycles. The summed E-state index contributed by atoms with van der Waals surface area (Å²) in [6, 6.07) is 20.9.